The van der Waals surface area contributed by atoms with Crippen molar-refractivity contribution in [2.75, 3.05) is 0 Å². The van der Waals surface area contributed by atoms with Crippen LogP contribution < -0.4 is 0 Å². The van der Waals surface area contributed by atoms with Crippen molar-refractivity contribution in [1.29, 1.82) is 0 Å². The van der Waals surface area contributed by atoms with Crippen LogP contribution in [0.15, 0.2) is 66.7 Å². The molecule has 0 unspecified atom stereocenters. The van der Waals surface area contributed by atoms with Crippen LogP contribution in [0.2, 0.25) is 0 Å². The van der Waals surface area contributed by atoms with Crippen LogP contribution in [0.25, 0.3) is 32.9 Å². The Bertz CT molecular complexity index is 961. The van der Waals surface area contributed by atoms with E-state index in [1.54, 1.807) is 0 Å². The monoisotopic (exact) mass is 285 g/mol. The SMILES string of the molecule is CCc1ccc2c(c1)c1cc(-c3ccccc3)ccc1n2C. The van der Waals surface area contributed by atoms with Gasteiger partial charge in [0.25, 0.3) is 0 Å². The summed E-state index contributed by atoms with van der Waals surface area (Å²) in [6.07, 6.45) is 1.07. The van der Waals surface area contributed by atoms with Crippen molar-refractivity contribution in [3.05, 3.63) is 72.3 Å². The highest BCUT2D eigenvalue weighted by Gasteiger charge is 2.09. The molecule has 108 valence electrons. The van der Waals surface area contributed by atoms with Gasteiger partial charge >= 0.3 is 0 Å². The molecule has 1 nitrogen and oxygen atoms in total. The molecule has 0 radical (unpaired) electrons. The van der Waals surface area contributed by atoms with Crippen LogP contribution in [-0.2, 0) is 13.5 Å². The van der Waals surface area contributed by atoms with E-state index in [0.717, 1.165) is 6.42 Å². The minimum atomic E-state index is 1.07. The van der Waals surface area contributed by atoms with Gasteiger partial charge in [0.1, 0.15) is 0 Å². The number of aryl methyl sites for hydroxylation is 2. The minimum Gasteiger partial charge on any atom is -0.344 e. The number of fused-ring (bicyclic) bond motifs is 3. The smallest absolute Gasteiger partial charge is 0.0489 e. The van der Waals surface area contributed by atoms with Gasteiger partial charge in [0.05, 0.1) is 0 Å². The van der Waals surface area contributed by atoms with E-state index in [1.165, 1.54) is 38.5 Å². The molecule has 1 aromatic heterocycles. The third-order valence-electron chi connectivity index (χ3n) is 4.59. The van der Waals surface area contributed by atoms with E-state index in [-0.39, 0.29) is 0 Å². The number of nitrogens with zero attached hydrogens (tertiary/aromatic N) is 1. The summed E-state index contributed by atoms with van der Waals surface area (Å²) in [4.78, 5) is 0. The molecule has 0 saturated carbocycles. The lowest BCUT2D eigenvalue weighted by atomic mass is 10.0. The molecule has 1 heteroatoms. The van der Waals surface area contributed by atoms with E-state index < -0.39 is 0 Å². The van der Waals surface area contributed by atoms with Crippen molar-refractivity contribution in [3.63, 3.8) is 0 Å². The summed E-state index contributed by atoms with van der Waals surface area (Å²) in [6.45, 7) is 2.21. The largest absolute Gasteiger partial charge is 0.344 e. The average Bonchev–Trinajstić information content (AvgIpc) is 2.87. The summed E-state index contributed by atoms with van der Waals surface area (Å²) < 4.78 is 2.29. The van der Waals surface area contributed by atoms with E-state index in [9.17, 15) is 0 Å². The number of benzene rings is 3. The summed E-state index contributed by atoms with van der Waals surface area (Å²) in [7, 11) is 2.15. The molecule has 0 N–H and O–H groups in total. The van der Waals surface area contributed by atoms with Crippen molar-refractivity contribution in [3.8, 4) is 11.1 Å². The number of rotatable bonds is 2. The molecule has 3 aromatic carbocycles. The Labute approximate surface area is 130 Å². The van der Waals surface area contributed by atoms with E-state index >= 15 is 0 Å². The quantitative estimate of drug-likeness (QED) is 0.454. The van der Waals surface area contributed by atoms with Crippen LogP contribution in [0, 0.1) is 0 Å². The Balaban J connectivity index is 2.04. The summed E-state index contributed by atoms with van der Waals surface area (Å²) in [5, 5.41) is 2.70. The summed E-state index contributed by atoms with van der Waals surface area (Å²) in [6, 6.07) is 24.2. The van der Waals surface area contributed by atoms with Gasteiger partial charge in [-0.25, -0.2) is 0 Å². The molecule has 0 aliphatic carbocycles. The molecule has 22 heavy (non-hydrogen) atoms. The predicted molar refractivity (Wildman–Crippen MR) is 95.2 cm³/mol. The van der Waals surface area contributed by atoms with Gasteiger partial charge in [0, 0.05) is 28.9 Å². The van der Waals surface area contributed by atoms with Crippen LogP contribution >= 0.6 is 0 Å². The lowest BCUT2D eigenvalue weighted by Gasteiger charge is -2.03. The van der Waals surface area contributed by atoms with E-state index in [4.69, 9.17) is 0 Å². The maximum atomic E-state index is 2.34. The Morgan fingerprint density at radius 1 is 0.727 bits per heavy atom. The first-order valence-electron chi connectivity index (χ1n) is 7.84. The van der Waals surface area contributed by atoms with Gasteiger partial charge in [-0.1, -0.05) is 49.4 Å². The summed E-state index contributed by atoms with van der Waals surface area (Å²) in [5.41, 5.74) is 6.54. The molecule has 0 bridgehead atoms. The van der Waals surface area contributed by atoms with Gasteiger partial charge in [-0.3, -0.25) is 0 Å². The highest BCUT2D eigenvalue weighted by molar-refractivity contribution is 6.09. The van der Waals surface area contributed by atoms with E-state index in [0.29, 0.717) is 0 Å². The molecule has 1 heterocycles. The van der Waals surface area contributed by atoms with Gasteiger partial charge in [-0.05, 0) is 47.4 Å². The topological polar surface area (TPSA) is 4.93 Å². The molecular weight excluding hydrogens is 266 g/mol. The zero-order valence-electron chi connectivity index (χ0n) is 13.0. The molecule has 0 aliphatic rings. The second-order valence-electron chi connectivity index (χ2n) is 5.86. The third kappa shape index (κ3) is 1.93. The fourth-order valence-electron chi connectivity index (χ4n) is 3.30. The maximum absolute atomic E-state index is 2.34. The molecule has 4 rings (SSSR count). The Hall–Kier alpha value is -2.54. The highest BCUT2D eigenvalue weighted by Crippen LogP contribution is 2.32. The van der Waals surface area contributed by atoms with Gasteiger partial charge in [0.15, 0.2) is 0 Å². The second kappa shape index (κ2) is 5.03. The van der Waals surface area contributed by atoms with Gasteiger partial charge in [0.2, 0.25) is 0 Å². The van der Waals surface area contributed by atoms with Crippen molar-refractivity contribution in [1.82, 2.24) is 4.57 Å². The fraction of sp³-hybridized carbons (Fsp3) is 0.143. The molecule has 0 spiro atoms. The van der Waals surface area contributed by atoms with Crippen LogP contribution in [0.1, 0.15) is 12.5 Å². The lowest BCUT2D eigenvalue weighted by molar-refractivity contribution is 1.01. The van der Waals surface area contributed by atoms with Crippen molar-refractivity contribution < 1.29 is 0 Å². The number of hydrogen-bond donors (Lipinski definition) is 0. The first kappa shape index (κ1) is 13.1. The van der Waals surface area contributed by atoms with Crippen molar-refractivity contribution in [2.24, 2.45) is 7.05 Å². The Morgan fingerprint density at radius 3 is 2.14 bits per heavy atom. The minimum absolute atomic E-state index is 1.07. The van der Waals surface area contributed by atoms with Gasteiger partial charge in [-0.2, -0.15) is 0 Å². The molecule has 0 atom stereocenters. The third-order valence-corrected chi connectivity index (χ3v) is 4.59. The van der Waals surface area contributed by atoms with E-state index in [1.807, 2.05) is 0 Å². The van der Waals surface area contributed by atoms with Gasteiger partial charge in [-0.15, -0.1) is 0 Å². The normalized spacial score (nSPS) is 11.4. The van der Waals surface area contributed by atoms with Crippen LogP contribution in [0.5, 0.6) is 0 Å². The highest BCUT2D eigenvalue weighted by atomic mass is 14.9. The lowest BCUT2D eigenvalue weighted by Crippen LogP contribution is -1.86. The molecule has 4 aromatic rings. The zero-order chi connectivity index (χ0) is 15.1. The average molecular weight is 285 g/mol. The Morgan fingerprint density at radius 2 is 1.41 bits per heavy atom. The first-order valence-corrected chi connectivity index (χ1v) is 7.84. The van der Waals surface area contributed by atoms with Crippen LogP contribution in [-0.4, -0.2) is 4.57 Å². The summed E-state index contributed by atoms with van der Waals surface area (Å²) in [5.74, 6) is 0. The van der Waals surface area contributed by atoms with E-state index in [2.05, 4.69) is 85.3 Å². The van der Waals surface area contributed by atoms with Crippen LogP contribution in [0.4, 0.5) is 0 Å². The number of aromatic nitrogens is 1. The number of hydrogen-bond acceptors (Lipinski definition) is 0. The standard InChI is InChI=1S/C21H19N/c1-3-15-9-11-20-18(13-15)19-14-17(10-12-21(19)22(20)2)16-7-5-4-6-8-16/h4-14H,3H2,1-2H3. The molecule has 0 amide bonds. The second-order valence-corrected chi connectivity index (χ2v) is 5.86. The van der Waals surface area contributed by atoms with Crippen molar-refractivity contribution >= 4 is 21.8 Å². The molecule has 0 saturated heterocycles. The summed E-state index contributed by atoms with van der Waals surface area (Å²) >= 11 is 0. The predicted octanol–water partition coefficient (Wildman–Crippen LogP) is 5.56. The van der Waals surface area contributed by atoms with Crippen molar-refractivity contribution in [2.45, 2.75) is 13.3 Å². The molecule has 0 aliphatic heterocycles. The fourth-order valence-corrected chi connectivity index (χ4v) is 3.30. The molecular formula is C21H19N. The zero-order valence-corrected chi connectivity index (χ0v) is 13.0. The Kier molecular flexibility index (Phi) is 3.00. The van der Waals surface area contributed by atoms with Crippen LogP contribution in [0.3, 0.4) is 0 Å². The maximum Gasteiger partial charge on any atom is 0.0489 e. The first-order chi connectivity index (χ1) is 10.8. The molecule has 0 fully saturated rings. The van der Waals surface area contributed by atoms with Gasteiger partial charge < -0.3 is 4.57 Å².